The number of nitrogens with one attached hydrogen (secondary N) is 1. The van der Waals surface area contributed by atoms with Crippen LogP contribution in [0.3, 0.4) is 0 Å². The van der Waals surface area contributed by atoms with Crippen molar-refractivity contribution in [3.05, 3.63) is 90.8 Å². The molecule has 1 aromatic heterocycles. The standard InChI is InChI=1S/C20H17IN4O3/c1-13-10-16(14(2)24(13)18-8-6-17(21)7-9-18)12-22-23-20(26)15-4-3-5-19(11-15)25(27)28/h3-12H,1-2H3,(H,23,26). The van der Waals surface area contributed by atoms with Gasteiger partial charge in [-0.1, -0.05) is 6.07 Å². The molecule has 0 saturated carbocycles. The lowest BCUT2D eigenvalue weighted by Gasteiger charge is -2.09. The number of non-ortho nitro benzene ring substituents is 1. The van der Waals surface area contributed by atoms with Crippen molar-refractivity contribution in [3.8, 4) is 5.69 Å². The topological polar surface area (TPSA) is 89.5 Å². The first-order valence-electron chi connectivity index (χ1n) is 8.39. The molecule has 142 valence electrons. The number of benzene rings is 2. The predicted molar refractivity (Wildman–Crippen MR) is 116 cm³/mol. The van der Waals surface area contributed by atoms with Gasteiger partial charge in [0.25, 0.3) is 11.6 Å². The summed E-state index contributed by atoms with van der Waals surface area (Å²) in [6.07, 6.45) is 1.57. The van der Waals surface area contributed by atoms with Crippen molar-refractivity contribution in [3.63, 3.8) is 0 Å². The van der Waals surface area contributed by atoms with Crippen LogP contribution in [0.2, 0.25) is 0 Å². The van der Waals surface area contributed by atoms with E-state index in [2.05, 4.69) is 37.7 Å². The van der Waals surface area contributed by atoms with Crippen LogP contribution in [0.1, 0.15) is 27.3 Å². The molecule has 3 rings (SSSR count). The largest absolute Gasteiger partial charge is 0.318 e. The van der Waals surface area contributed by atoms with Gasteiger partial charge < -0.3 is 4.57 Å². The fraction of sp³-hybridized carbons (Fsp3) is 0.100. The third kappa shape index (κ3) is 4.28. The second-order valence-electron chi connectivity index (χ2n) is 6.14. The Morgan fingerprint density at radius 2 is 1.89 bits per heavy atom. The van der Waals surface area contributed by atoms with Crippen LogP contribution in [0.4, 0.5) is 5.69 Å². The van der Waals surface area contributed by atoms with E-state index in [-0.39, 0.29) is 11.3 Å². The molecule has 1 heterocycles. The smallest absolute Gasteiger partial charge is 0.271 e. The van der Waals surface area contributed by atoms with Crippen molar-refractivity contribution in [2.75, 3.05) is 0 Å². The second kappa shape index (κ2) is 8.34. The van der Waals surface area contributed by atoms with E-state index in [9.17, 15) is 14.9 Å². The molecule has 0 aliphatic heterocycles. The van der Waals surface area contributed by atoms with E-state index in [0.29, 0.717) is 0 Å². The number of nitro groups is 1. The molecule has 0 fully saturated rings. The molecule has 7 nitrogen and oxygen atoms in total. The van der Waals surface area contributed by atoms with E-state index in [0.717, 1.165) is 26.2 Å². The van der Waals surface area contributed by atoms with Gasteiger partial charge in [0.2, 0.25) is 0 Å². The highest BCUT2D eigenvalue weighted by molar-refractivity contribution is 14.1. The average molecular weight is 488 g/mol. The Labute approximate surface area is 175 Å². The summed E-state index contributed by atoms with van der Waals surface area (Å²) in [5.74, 6) is -0.508. The summed E-state index contributed by atoms with van der Waals surface area (Å²) in [4.78, 5) is 22.4. The Morgan fingerprint density at radius 3 is 2.57 bits per heavy atom. The molecule has 0 bridgehead atoms. The second-order valence-corrected chi connectivity index (χ2v) is 7.39. The van der Waals surface area contributed by atoms with E-state index in [1.807, 2.05) is 44.2 Å². The highest BCUT2D eigenvalue weighted by Crippen LogP contribution is 2.20. The van der Waals surface area contributed by atoms with Crippen molar-refractivity contribution in [1.29, 1.82) is 0 Å². The molecule has 3 aromatic rings. The Hall–Kier alpha value is -3.01. The first-order chi connectivity index (χ1) is 13.4. The van der Waals surface area contributed by atoms with Gasteiger partial charge in [0.05, 0.1) is 11.1 Å². The van der Waals surface area contributed by atoms with Gasteiger partial charge in [0.1, 0.15) is 0 Å². The summed E-state index contributed by atoms with van der Waals surface area (Å²) in [6, 6.07) is 15.7. The molecule has 0 radical (unpaired) electrons. The van der Waals surface area contributed by atoms with E-state index >= 15 is 0 Å². The lowest BCUT2D eigenvalue weighted by Crippen LogP contribution is -2.17. The van der Waals surface area contributed by atoms with E-state index in [1.54, 1.807) is 6.21 Å². The summed E-state index contributed by atoms with van der Waals surface area (Å²) in [6.45, 7) is 3.98. The summed E-state index contributed by atoms with van der Waals surface area (Å²) >= 11 is 2.27. The number of carbonyl (C=O) groups is 1. The summed E-state index contributed by atoms with van der Waals surface area (Å²) in [5, 5.41) is 14.8. The zero-order chi connectivity index (χ0) is 20.3. The Morgan fingerprint density at radius 1 is 1.18 bits per heavy atom. The van der Waals surface area contributed by atoms with Gasteiger partial charge in [-0.25, -0.2) is 5.43 Å². The van der Waals surface area contributed by atoms with Crippen LogP contribution in [0.25, 0.3) is 5.69 Å². The van der Waals surface area contributed by atoms with Crippen LogP contribution in [0.15, 0.2) is 59.7 Å². The van der Waals surface area contributed by atoms with E-state index < -0.39 is 10.8 Å². The number of amides is 1. The van der Waals surface area contributed by atoms with Crippen LogP contribution < -0.4 is 5.43 Å². The summed E-state index contributed by atoms with van der Waals surface area (Å²) < 4.78 is 3.27. The normalized spacial score (nSPS) is 11.0. The number of nitro benzene ring substituents is 1. The maximum Gasteiger partial charge on any atom is 0.271 e. The third-order valence-electron chi connectivity index (χ3n) is 4.24. The maximum atomic E-state index is 12.2. The van der Waals surface area contributed by atoms with E-state index in [1.165, 1.54) is 24.3 Å². The molecule has 1 amide bonds. The maximum absolute atomic E-state index is 12.2. The average Bonchev–Trinajstić information content (AvgIpc) is 2.96. The van der Waals surface area contributed by atoms with Crippen molar-refractivity contribution >= 4 is 40.4 Å². The zero-order valence-corrected chi connectivity index (χ0v) is 17.4. The van der Waals surface area contributed by atoms with Crippen LogP contribution in [-0.2, 0) is 0 Å². The highest BCUT2D eigenvalue weighted by atomic mass is 127. The Bertz CT molecular complexity index is 1070. The monoisotopic (exact) mass is 488 g/mol. The van der Waals surface area contributed by atoms with Crippen molar-refractivity contribution in [1.82, 2.24) is 9.99 Å². The number of aromatic nitrogens is 1. The van der Waals surface area contributed by atoms with Gasteiger partial charge in [0, 0.05) is 43.9 Å². The van der Waals surface area contributed by atoms with Crippen molar-refractivity contribution in [2.45, 2.75) is 13.8 Å². The van der Waals surface area contributed by atoms with Crippen molar-refractivity contribution < 1.29 is 9.72 Å². The molecule has 28 heavy (non-hydrogen) atoms. The zero-order valence-electron chi connectivity index (χ0n) is 15.2. The lowest BCUT2D eigenvalue weighted by molar-refractivity contribution is -0.384. The van der Waals surface area contributed by atoms with Crippen LogP contribution in [-0.4, -0.2) is 21.6 Å². The highest BCUT2D eigenvalue weighted by Gasteiger charge is 2.12. The van der Waals surface area contributed by atoms with Crippen LogP contribution in [0.5, 0.6) is 0 Å². The Balaban J connectivity index is 1.77. The molecule has 1 N–H and O–H groups in total. The molecular weight excluding hydrogens is 471 g/mol. The molecule has 0 aliphatic carbocycles. The summed E-state index contributed by atoms with van der Waals surface area (Å²) in [5.41, 5.74) is 6.41. The number of carbonyl (C=O) groups excluding carboxylic acids is 1. The fourth-order valence-electron chi connectivity index (χ4n) is 2.89. The molecule has 0 atom stereocenters. The van der Waals surface area contributed by atoms with Crippen LogP contribution >= 0.6 is 22.6 Å². The van der Waals surface area contributed by atoms with Gasteiger partial charge in [-0.3, -0.25) is 14.9 Å². The quantitative estimate of drug-likeness (QED) is 0.250. The first kappa shape index (κ1) is 19.7. The third-order valence-corrected chi connectivity index (χ3v) is 4.96. The van der Waals surface area contributed by atoms with Gasteiger partial charge in [-0.15, -0.1) is 0 Å². The number of nitrogens with zero attached hydrogens (tertiary/aromatic N) is 3. The molecular formula is C20H17IN4O3. The predicted octanol–water partition coefficient (Wildman–Crippen LogP) is 4.37. The molecule has 0 unspecified atom stereocenters. The SMILES string of the molecule is Cc1cc(C=NNC(=O)c2cccc([N+](=O)[O-])c2)c(C)n1-c1ccc(I)cc1. The van der Waals surface area contributed by atoms with Gasteiger partial charge in [-0.2, -0.15) is 5.10 Å². The minimum atomic E-state index is -0.542. The van der Waals surface area contributed by atoms with Crippen LogP contribution in [0, 0.1) is 27.5 Å². The number of halogens is 1. The van der Waals surface area contributed by atoms with Gasteiger partial charge >= 0.3 is 0 Å². The minimum absolute atomic E-state index is 0.141. The molecule has 0 spiro atoms. The molecule has 0 saturated heterocycles. The first-order valence-corrected chi connectivity index (χ1v) is 9.47. The van der Waals surface area contributed by atoms with E-state index in [4.69, 9.17) is 0 Å². The summed E-state index contributed by atoms with van der Waals surface area (Å²) in [7, 11) is 0. The number of rotatable bonds is 5. The number of hydrogen-bond acceptors (Lipinski definition) is 4. The lowest BCUT2D eigenvalue weighted by atomic mass is 10.2. The van der Waals surface area contributed by atoms with Gasteiger partial charge in [0.15, 0.2) is 0 Å². The molecule has 8 heteroatoms. The minimum Gasteiger partial charge on any atom is -0.318 e. The number of aryl methyl sites for hydroxylation is 1. The molecule has 2 aromatic carbocycles. The number of hydrogen-bond donors (Lipinski definition) is 1. The molecule has 0 aliphatic rings. The number of hydrazone groups is 1. The van der Waals surface area contributed by atoms with Crippen molar-refractivity contribution in [2.24, 2.45) is 5.10 Å². The Kier molecular flexibility index (Phi) is 5.88. The van der Waals surface area contributed by atoms with Gasteiger partial charge in [-0.05, 0) is 72.8 Å². The fourth-order valence-corrected chi connectivity index (χ4v) is 3.25.